The molecule has 1 aromatic rings. The highest BCUT2D eigenvalue weighted by Crippen LogP contribution is 2.33. The van der Waals surface area contributed by atoms with Crippen LogP contribution < -0.4 is 5.32 Å². The predicted octanol–water partition coefficient (Wildman–Crippen LogP) is 2.74. The maximum absolute atomic E-state index is 5.29. The Morgan fingerprint density at radius 2 is 2.28 bits per heavy atom. The van der Waals surface area contributed by atoms with Gasteiger partial charge >= 0.3 is 0 Å². The second-order valence-electron chi connectivity index (χ2n) is 6.41. The van der Waals surface area contributed by atoms with Gasteiger partial charge in [-0.15, -0.1) is 0 Å². The third-order valence-corrected chi connectivity index (χ3v) is 3.98. The highest BCUT2D eigenvalue weighted by atomic mass is 16.3. The SMILES string of the molecule is CC(C)(C)C1CCN(CCNCc2ccco2)C1. The fourth-order valence-corrected chi connectivity index (χ4v) is 2.60. The molecular formula is C15H26N2O. The summed E-state index contributed by atoms with van der Waals surface area (Å²) in [4.78, 5) is 2.57. The van der Waals surface area contributed by atoms with E-state index in [0.29, 0.717) is 5.41 Å². The largest absolute Gasteiger partial charge is 0.468 e. The standard InChI is InChI=1S/C15H26N2O/c1-15(2,3)13-6-8-17(12-13)9-7-16-11-14-5-4-10-18-14/h4-5,10,13,16H,6-9,11-12H2,1-3H3. The van der Waals surface area contributed by atoms with Crippen molar-refractivity contribution in [2.24, 2.45) is 11.3 Å². The van der Waals surface area contributed by atoms with Crippen LogP contribution in [0.1, 0.15) is 33.0 Å². The molecule has 1 fully saturated rings. The first-order valence-electron chi connectivity index (χ1n) is 7.01. The van der Waals surface area contributed by atoms with Gasteiger partial charge in [0.25, 0.3) is 0 Å². The molecule has 1 atom stereocenters. The van der Waals surface area contributed by atoms with Crippen LogP contribution in [0.25, 0.3) is 0 Å². The van der Waals surface area contributed by atoms with Crippen molar-refractivity contribution in [1.82, 2.24) is 10.2 Å². The Labute approximate surface area is 111 Å². The van der Waals surface area contributed by atoms with Gasteiger partial charge in [-0.25, -0.2) is 0 Å². The van der Waals surface area contributed by atoms with Gasteiger partial charge in [-0.3, -0.25) is 0 Å². The van der Waals surface area contributed by atoms with Gasteiger partial charge in [-0.1, -0.05) is 20.8 Å². The average Bonchev–Trinajstić information content (AvgIpc) is 2.95. The topological polar surface area (TPSA) is 28.4 Å². The number of hydrogen-bond donors (Lipinski definition) is 1. The molecule has 2 rings (SSSR count). The fourth-order valence-electron chi connectivity index (χ4n) is 2.60. The van der Waals surface area contributed by atoms with Gasteiger partial charge in [0.1, 0.15) is 5.76 Å². The van der Waals surface area contributed by atoms with Gasteiger partial charge in [0.15, 0.2) is 0 Å². The van der Waals surface area contributed by atoms with Gasteiger partial charge in [0.2, 0.25) is 0 Å². The van der Waals surface area contributed by atoms with E-state index in [2.05, 4.69) is 31.0 Å². The Bertz CT molecular complexity index is 340. The lowest BCUT2D eigenvalue weighted by Crippen LogP contribution is -2.32. The van der Waals surface area contributed by atoms with Crippen molar-refractivity contribution in [3.05, 3.63) is 24.2 Å². The average molecular weight is 250 g/mol. The zero-order valence-corrected chi connectivity index (χ0v) is 11.9. The van der Waals surface area contributed by atoms with Crippen LogP contribution in [0.5, 0.6) is 0 Å². The Morgan fingerprint density at radius 3 is 2.89 bits per heavy atom. The fraction of sp³-hybridized carbons (Fsp3) is 0.733. The van der Waals surface area contributed by atoms with Crippen molar-refractivity contribution in [3.8, 4) is 0 Å². The van der Waals surface area contributed by atoms with Crippen LogP contribution in [0.15, 0.2) is 22.8 Å². The molecule has 102 valence electrons. The number of nitrogens with zero attached hydrogens (tertiary/aromatic N) is 1. The van der Waals surface area contributed by atoms with Gasteiger partial charge < -0.3 is 14.6 Å². The van der Waals surface area contributed by atoms with Crippen LogP contribution in [-0.2, 0) is 6.54 Å². The lowest BCUT2D eigenvalue weighted by Gasteiger charge is -2.27. The van der Waals surface area contributed by atoms with E-state index in [1.54, 1.807) is 6.26 Å². The first-order valence-corrected chi connectivity index (χ1v) is 7.01. The summed E-state index contributed by atoms with van der Waals surface area (Å²) in [6, 6.07) is 3.95. The van der Waals surface area contributed by atoms with Crippen LogP contribution in [0, 0.1) is 11.3 Å². The second kappa shape index (κ2) is 5.89. The monoisotopic (exact) mass is 250 g/mol. The summed E-state index contributed by atoms with van der Waals surface area (Å²) in [5.74, 6) is 1.87. The molecule has 18 heavy (non-hydrogen) atoms. The molecule has 1 aromatic heterocycles. The Morgan fingerprint density at radius 1 is 1.44 bits per heavy atom. The number of rotatable bonds is 5. The summed E-state index contributed by atoms with van der Waals surface area (Å²) < 4.78 is 5.29. The van der Waals surface area contributed by atoms with Crippen molar-refractivity contribution >= 4 is 0 Å². The molecule has 0 amide bonds. The van der Waals surface area contributed by atoms with Crippen LogP contribution in [0.2, 0.25) is 0 Å². The van der Waals surface area contributed by atoms with Crippen molar-refractivity contribution in [1.29, 1.82) is 0 Å². The van der Waals surface area contributed by atoms with Gasteiger partial charge in [-0.05, 0) is 36.4 Å². The Balaban J connectivity index is 1.61. The molecule has 2 heterocycles. The Hall–Kier alpha value is -0.800. The first-order chi connectivity index (χ1) is 8.55. The number of furan rings is 1. The molecule has 1 aliphatic rings. The van der Waals surface area contributed by atoms with Crippen LogP contribution in [-0.4, -0.2) is 31.1 Å². The lowest BCUT2D eigenvalue weighted by atomic mass is 9.80. The van der Waals surface area contributed by atoms with Crippen LogP contribution in [0.3, 0.4) is 0 Å². The van der Waals surface area contributed by atoms with E-state index in [-0.39, 0.29) is 0 Å². The summed E-state index contributed by atoms with van der Waals surface area (Å²) in [7, 11) is 0. The van der Waals surface area contributed by atoms with Gasteiger partial charge in [-0.2, -0.15) is 0 Å². The predicted molar refractivity (Wildman–Crippen MR) is 74.4 cm³/mol. The molecule has 1 unspecified atom stereocenters. The van der Waals surface area contributed by atoms with E-state index in [1.165, 1.54) is 19.5 Å². The first kappa shape index (κ1) is 13.6. The van der Waals surface area contributed by atoms with Crippen LogP contribution >= 0.6 is 0 Å². The summed E-state index contributed by atoms with van der Waals surface area (Å²) in [5, 5.41) is 3.43. The van der Waals surface area contributed by atoms with E-state index in [9.17, 15) is 0 Å². The molecule has 0 aliphatic carbocycles. The van der Waals surface area contributed by atoms with E-state index >= 15 is 0 Å². The minimum Gasteiger partial charge on any atom is -0.468 e. The smallest absolute Gasteiger partial charge is 0.117 e. The molecule has 3 heteroatoms. The summed E-state index contributed by atoms with van der Waals surface area (Å²) in [6.07, 6.45) is 3.08. The van der Waals surface area contributed by atoms with Crippen molar-refractivity contribution < 1.29 is 4.42 Å². The number of nitrogens with one attached hydrogen (secondary N) is 1. The second-order valence-corrected chi connectivity index (χ2v) is 6.41. The third-order valence-electron chi connectivity index (χ3n) is 3.98. The lowest BCUT2D eigenvalue weighted by molar-refractivity contribution is 0.229. The van der Waals surface area contributed by atoms with E-state index in [4.69, 9.17) is 4.42 Å². The van der Waals surface area contributed by atoms with E-state index in [1.807, 2.05) is 12.1 Å². The summed E-state index contributed by atoms with van der Waals surface area (Å²) in [6.45, 7) is 12.6. The van der Waals surface area contributed by atoms with E-state index in [0.717, 1.165) is 31.3 Å². The molecule has 1 aliphatic heterocycles. The highest BCUT2D eigenvalue weighted by Gasteiger charge is 2.31. The van der Waals surface area contributed by atoms with Gasteiger partial charge in [0, 0.05) is 19.6 Å². The molecule has 0 bridgehead atoms. The van der Waals surface area contributed by atoms with Gasteiger partial charge in [0.05, 0.1) is 12.8 Å². The minimum absolute atomic E-state index is 0.455. The Kier molecular flexibility index (Phi) is 4.46. The van der Waals surface area contributed by atoms with Crippen molar-refractivity contribution in [2.75, 3.05) is 26.2 Å². The molecular weight excluding hydrogens is 224 g/mol. The van der Waals surface area contributed by atoms with Crippen molar-refractivity contribution in [3.63, 3.8) is 0 Å². The summed E-state index contributed by atoms with van der Waals surface area (Å²) in [5.41, 5.74) is 0.455. The number of likely N-dealkylation sites (tertiary alicyclic amines) is 1. The minimum atomic E-state index is 0.455. The molecule has 0 aromatic carbocycles. The van der Waals surface area contributed by atoms with Crippen molar-refractivity contribution in [2.45, 2.75) is 33.7 Å². The highest BCUT2D eigenvalue weighted by molar-refractivity contribution is 4.97. The molecule has 0 radical (unpaired) electrons. The normalized spacial score (nSPS) is 21.6. The van der Waals surface area contributed by atoms with Crippen LogP contribution in [0.4, 0.5) is 0 Å². The number of hydrogen-bond acceptors (Lipinski definition) is 3. The zero-order valence-electron chi connectivity index (χ0n) is 11.9. The molecule has 1 N–H and O–H groups in total. The summed E-state index contributed by atoms with van der Waals surface area (Å²) >= 11 is 0. The molecule has 0 saturated carbocycles. The molecule has 0 spiro atoms. The van der Waals surface area contributed by atoms with E-state index < -0.39 is 0 Å². The maximum Gasteiger partial charge on any atom is 0.117 e. The molecule has 1 saturated heterocycles. The quantitative estimate of drug-likeness (QED) is 0.815. The third kappa shape index (κ3) is 3.85. The maximum atomic E-state index is 5.29. The molecule has 3 nitrogen and oxygen atoms in total. The zero-order chi connectivity index (χ0) is 13.0.